The molecule has 3 amide bonds. The molecule has 2 unspecified atom stereocenters. The number of hydrogen-bond acceptors (Lipinski definition) is 4. The van der Waals surface area contributed by atoms with Gasteiger partial charge in [0.2, 0.25) is 5.91 Å². The number of methoxy groups -OCH3 is 1. The maximum atomic E-state index is 11.7. The van der Waals surface area contributed by atoms with E-state index in [1.54, 1.807) is 7.11 Å². The van der Waals surface area contributed by atoms with E-state index in [-0.39, 0.29) is 12.5 Å². The van der Waals surface area contributed by atoms with Crippen LogP contribution in [0.15, 0.2) is 0 Å². The van der Waals surface area contributed by atoms with Gasteiger partial charge in [0.1, 0.15) is 0 Å². The van der Waals surface area contributed by atoms with Crippen molar-refractivity contribution in [2.45, 2.75) is 20.3 Å². The summed E-state index contributed by atoms with van der Waals surface area (Å²) in [6.07, 6.45) is 1.20. The molecule has 6 heteroatoms. The standard InChI is InChI=1S/C13H25N3O3/c1-10-6-11(2)8-16(7-10)9-12(17)15-13(18)14-4-5-19-3/h10-11H,4-9H2,1-3H3,(H2,14,15,17,18). The topological polar surface area (TPSA) is 70.7 Å². The third-order valence-electron chi connectivity index (χ3n) is 3.16. The van der Waals surface area contributed by atoms with Crippen molar-refractivity contribution in [2.75, 3.05) is 39.9 Å². The number of piperidine rings is 1. The van der Waals surface area contributed by atoms with E-state index >= 15 is 0 Å². The van der Waals surface area contributed by atoms with Gasteiger partial charge in [-0.25, -0.2) is 4.79 Å². The lowest BCUT2D eigenvalue weighted by molar-refractivity contribution is -0.121. The number of rotatable bonds is 5. The minimum Gasteiger partial charge on any atom is -0.383 e. The number of carbonyl (C=O) groups excluding carboxylic acids is 2. The average molecular weight is 271 g/mol. The molecule has 0 radical (unpaired) electrons. The number of ether oxygens (including phenoxy) is 1. The van der Waals surface area contributed by atoms with E-state index < -0.39 is 6.03 Å². The molecule has 0 aromatic carbocycles. The average Bonchev–Trinajstić information content (AvgIpc) is 2.27. The SMILES string of the molecule is COCCNC(=O)NC(=O)CN1CC(C)CC(C)C1. The quantitative estimate of drug-likeness (QED) is 0.712. The molecule has 0 aromatic rings. The van der Waals surface area contributed by atoms with Gasteiger partial charge in [-0.05, 0) is 18.3 Å². The Bertz CT molecular complexity index is 300. The fraction of sp³-hybridized carbons (Fsp3) is 0.846. The summed E-state index contributed by atoms with van der Waals surface area (Å²) in [7, 11) is 1.56. The van der Waals surface area contributed by atoms with Gasteiger partial charge >= 0.3 is 6.03 Å². The maximum Gasteiger partial charge on any atom is 0.321 e. The summed E-state index contributed by atoms with van der Waals surface area (Å²) < 4.78 is 4.81. The number of carbonyl (C=O) groups is 2. The van der Waals surface area contributed by atoms with E-state index in [9.17, 15) is 9.59 Å². The molecule has 1 rings (SSSR count). The largest absolute Gasteiger partial charge is 0.383 e. The van der Waals surface area contributed by atoms with E-state index in [0.29, 0.717) is 25.0 Å². The highest BCUT2D eigenvalue weighted by molar-refractivity contribution is 5.95. The number of nitrogens with one attached hydrogen (secondary N) is 2. The van der Waals surface area contributed by atoms with Gasteiger partial charge in [0.05, 0.1) is 13.2 Å². The molecular weight excluding hydrogens is 246 g/mol. The van der Waals surface area contributed by atoms with Crippen LogP contribution in [0.2, 0.25) is 0 Å². The summed E-state index contributed by atoms with van der Waals surface area (Å²) in [6, 6.07) is -0.458. The van der Waals surface area contributed by atoms with Crippen molar-refractivity contribution < 1.29 is 14.3 Å². The van der Waals surface area contributed by atoms with Crippen LogP contribution in [0.1, 0.15) is 20.3 Å². The highest BCUT2D eigenvalue weighted by atomic mass is 16.5. The van der Waals surface area contributed by atoms with E-state index in [0.717, 1.165) is 13.1 Å². The number of likely N-dealkylation sites (tertiary alicyclic amines) is 1. The molecule has 1 aliphatic rings. The first-order chi connectivity index (χ1) is 9.01. The summed E-state index contributed by atoms with van der Waals surface area (Å²) in [4.78, 5) is 25.2. The molecule has 1 aliphatic heterocycles. The molecule has 0 saturated carbocycles. The number of amides is 3. The molecule has 1 fully saturated rings. The molecule has 19 heavy (non-hydrogen) atoms. The van der Waals surface area contributed by atoms with Gasteiger partial charge in [0, 0.05) is 26.7 Å². The third-order valence-corrected chi connectivity index (χ3v) is 3.16. The van der Waals surface area contributed by atoms with Crippen molar-refractivity contribution in [1.82, 2.24) is 15.5 Å². The van der Waals surface area contributed by atoms with Crippen LogP contribution in [0.25, 0.3) is 0 Å². The van der Waals surface area contributed by atoms with Crippen LogP contribution in [0.3, 0.4) is 0 Å². The molecule has 1 heterocycles. The Morgan fingerprint density at radius 3 is 2.47 bits per heavy atom. The normalized spacial score (nSPS) is 23.9. The zero-order valence-electron chi connectivity index (χ0n) is 12.1. The molecule has 0 bridgehead atoms. The summed E-state index contributed by atoms with van der Waals surface area (Å²) in [5.74, 6) is 0.954. The highest BCUT2D eigenvalue weighted by Crippen LogP contribution is 2.20. The molecular formula is C13H25N3O3. The van der Waals surface area contributed by atoms with Crippen molar-refractivity contribution >= 4 is 11.9 Å². The van der Waals surface area contributed by atoms with Crippen molar-refractivity contribution in [3.8, 4) is 0 Å². The predicted octanol–water partition coefficient (Wildman–Crippen LogP) is 0.437. The Kier molecular flexibility index (Phi) is 6.80. The van der Waals surface area contributed by atoms with Crippen LogP contribution in [0, 0.1) is 11.8 Å². The molecule has 0 aliphatic carbocycles. The Morgan fingerprint density at radius 1 is 1.26 bits per heavy atom. The lowest BCUT2D eigenvalue weighted by atomic mass is 9.92. The van der Waals surface area contributed by atoms with Crippen molar-refractivity contribution in [3.05, 3.63) is 0 Å². The van der Waals surface area contributed by atoms with E-state index in [2.05, 4.69) is 29.4 Å². The summed E-state index contributed by atoms with van der Waals surface area (Å²) >= 11 is 0. The van der Waals surface area contributed by atoms with Crippen molar-refractivity contribution in [2.24, 2.45) is 11.8 Å². The number of imide groups is 1. The molecule has 0 spiro atoms. The van der Waals surface area contributed by atoms with Gasteiger partial charge in [0.25, 0.3) is 0 Å². The first-order valence-corrected chi connectivity index (χ1v) is 6.80. The van der Waals surface area contributed by atoms with Gasteiger partial charge in [-0.3, -0.25) is 15.0 Å². The Balaban J connectivity index is 2.24. The van der Waals surface area contributed by atoms with Gasteiger partial charge in [0.15, 0.2) is 0 Å². The van der Waals surface area contributed by atoms with Gasteiger partial charge < -0.3 is 10.1 Å². The van der Waals surface area contributed by atoms with E-state index in [4.69, 9.17) is 4.74 Å². The smallest absolute Gasteiger partial charge is 0.321 e. The number of nitrogens with zero attached hydrogens (tertiary/aromatic N) is 1. The van der Waals surface area contributed by atoms with Crippen LogP contribution >= 0.6 is 0 Å². The molecule has 6 nitrogen and oxygen atoms in total. The van der Waals surface area contributed by atoms with Crippen LogP contribution in [0.5, 0.6) is 0 Å². The second-order valence-corrected chi connectivity index (χ2v) is 5.44. The fourth-order valence-corrected chi connectivity index (χ4v) is 2.60. The minimum absolute atomic E-state index is 0.254. The summed E-state index contributed by atoms with van der Waals surface area (Å²) in [5.41, 5.74) is 0. The Hall–Kier alpha value is -1.14. The summed E-state index contributed by atoms with van der Waals surface area (Å²) in [5, 5.41) is 4.88. The molecule has 110 valence electrons. The number of hydrogen-bond donors (Lipinski definition) is 2. The van der Waals surface area contributed by atoms with Crippen LogP contribution in [0.4, 0.5) is 4.79 Å². The van der Waals surface area contributed by atoms with Crippen LogP contribution in [-0.4, -0.2) is 56.7 Å². The first-order valence-electron chi connectivity index (χ1n) is 6.80. The lowest BCUT2D eigenvalue weighted by Crippen LogP contribution is -2.48. The molecule has 2 atom stereocenters. The first kappa shape index (κ1) is 15.9. The van der Waals surface area contributed by atoms with Crippen LogP contribution in [-0.2, 0) is 9.53 Å². The van der Waals surface area contributed by atoms with Gasteiger partial charge in [-0.15, -0.1) is 0 Å². The number of urea groups is 1. The van der Waals surface area contributed by atoms with Gasteiger partial charge in [-0.1, -0.05) is 13.8 Å². The molecule has 2 N–H and O–H groups in total. The second kappa shape index (κ2) is 8.12. The van der Waals surface area contributed by atoms with E-state index in [1.807, 2.05) is 0 Å². The highest BCUT2D eigenvalue weighted by Gasteiger charge is 2.23. The van der Waals surface area contributed by atoms with Crippen molar-refractivity contribution in [3.63, 3.8) is 0 Å². The van der Waals surface area contributed by atoms with Crippen molar-refractivity contribution in [1.29, 1.82) is 0 Å². The second-order valence-electron chi connectivity index (χ2n) is 5.44. The van der Waals surface area contributed by atoms with Crippen LogP contribution < -0.4 is 10.6 Å². The minimum atomic E-state index is -0.458. The Labute approximate surface area is 114 Å². The predicted molar refractivity (Wildman–Crippen MR) is 72.8 cm³/mol. The monoisotopic (exact) mass is 271 g/mol. The summed E-state index contributed by atoms with van der Waals surface area (Å²) in [6.45, 7) is 7.34. The zero-order valence-corrected chi connectivity index (χ0v) is 12.1. The molecule has 0 aromatic heterocycles. The van der Waals surface area contributed by atoms with Gasteiger partial charge in [-0.2, -0.15) is 0 Å². The molecule has 1 saturated heterocycles. The van der Waals surface area contributed by atoms with E-state index in [1.165, 1.54) is 6.42 Å². The fourth-order valence-electron chi connectivity index (χ4n) is 2.60. The zero-order chi connectivity index (χ0) is 14.3. The Morgan fingerprint density at radius 2 is 1.89 bits per heavy atom. The maximum absolute atomic E-state index is 11.7. The lowest BCUT2D eigenvalue weighted by Gasteiger charge is -2.34. The third kappa shape index (κ3) is 6.54.